The molecule has 29 heavy (non-hydrogen) atoms. The van der Waals surface area contributed by atoms with Crippen LogP contribution in [0.15, 0.2) is 18.2 Å². The van der Waals surface area contributed by atoms with Crippen LogP contribution in [0.1, 0.15) is 63.9 Å². The van der Waals surface area contributed by atoms with E-state index in [0.29, 0.717) is 0 Å². The fourth-order valence-electron chi connectivity index (χ4n) is 6.54. The third-order valence-corrected chi connectivity index (χ3v) is 7.58. The van der Waals surface area contributed by atoms with Crippen molar-refractivity contribution in [3.05, 3.63) is 28.8 Å². The van der Waals surface area contributed by atoms with Gasteiger partial charge in [0, 0.05) is 6.04 Å². The quantitative estimate of drug-likeness (QED) is 0.528. The van der Waals surface area contributed by atoms with E-state index in [2.05, 4.69) is 17.6 Å². The molecule has 0 aromatic heterocycles. The predicted molar refractivity (Wildman–Crippen MR) is 108 cm³/mol. The second kappa shape index (κ2) is 7.68. The Morgan fingerprint density at radius 3 is 2.28 bits per heavy atom. The third kappa shape index (κ3) is 4.23. The van der Waals surface area contributed by atoms with Crippen LogP contribution in [0.3, 0.4) is 0 Å². The zero-order valence-corrected chi connectivity index (χ0v) is 17.4. The predicted octanol–water partition coefficient (Wildman–Crippen LogP) is 6.87. The van der Waals surface area contributed by atoms with Crippen LogP contribution in [0.4, 0.5) is 23.7 Å². The summed E-state index contributed by atoms with van der Waals surface area (Å²) in [5.41, 5.74) is -0.706. The first-order chi connectivity index (χ1) is 13.7. The van der Waals surface area contributed by atoms with E-state index >= 15 is 0 Å². The molecule has 7 heteroatoms. The molecule has 4 fully saturated rings. The van der Waals surface area contributed by atoms with E-state index < -0.39 is 17.8 Å². The topological polar surface area (TPSA) is 41.1 Å². The summed E-state index contributed by atoms with van der Waals surface area (Å²) in [6.45, 7) is 2.11. The minimum absolute atomic E-state index is 0.0141. The number of carbonyl (C=O) groups excluding carboxylic acids is 1. The van der Waals surface area contributed by atoms with Crippen molar-refractivity contribution in [2.45, 2.75) is 70.5 Å². The first-order valence-corrected chi connectivity index (χ1v) is 11.0. The smallest absolute Gasteiger partial charge is 0.335 e. The van der Waals surface area contributed by atoms with E-state index in [9.17, 15) is 18.0 Å². The lowest BCUT2D eigenvalue weighted by atomic mass is 9.47. The molecule has 0 aliphatic heterocycles. The molecule has 0 saturated heterocycles. The van der Waals surface area contributed by atoms with Crippen molar-refractivity contribution < 1.29 is 18.0 Å². The summed E-state index contributed by atoms with van der Waals surface area (Å²) in [7, 11) is 0. The molecule has 0 heterocycles. The van der Waals surface area contributed by atoms with Crippen molar-refractivity contribution in [1.29, 1.82) is 0 Å². The molecule has 0 radical (unpaired) electrons. The summed E-state index contributed by atoms with van der Waals surface area (Å²) in [5, 5.41) is 5.77. The Hall–Kier alpha value is -1.43. The zero-order chi connectivity index (χ0) is 20.8. The van der Waals surface area contributed by atoms with E-state index in [1.807, 2.05) is 0 Å². The Balaban J connectivity index is 1.49. The lowest BCUT2D eigenvalue weighted by Gasteiger charge is -2.59. The fourth-order valence-corrected chi connectivity index (χ4v) is 6.70. The van der Waals surface area contributed by atoms with Gasteiger partial charge in [-0.3, -0.25) is 0 Å². The van der Waals surface area contributed by atoms with Gasteiger partial charge in [-0.05, 0) is 86.3 Å². The number of halogens is 4. The summed E-state index contributed by atoms with van der Waals surface area (Å²) in [4.78, 5) is 12.7. The molecule has 1 atom stereocenters. The average Bonchev–Trinajstić information content (AvgIpc) is 2.61. The molecule has 2 N–H and O–H groups in total. The van der Waals surface area contributed by atoms with E-state index in [1.165, 1.54) is 25.3 Å². The van der Waals surface area contributed by atoms with Crippen LogP contribution < -0.4 is 10.6 Å². The molecule has 0 unspecified atom stereocenters. The molecule has 1 aromatic carbocycles. The zero-order valence-electron chi connectivity index (χ0n) is 16.6. The number of amides is 2. The second-order valence-electron chi connectivity index (χ2n) is 9.41. The Bertz CT molecular complexity index is 745. The molecule has 2 amide bonds. The molecule has 1 aromatic rings. The highest BCUT2D eigenvalue weighted by Gasteiger charge is 2.54. The maximum atomic E-state index is 13.0. The van der Waals surface area contributed by atoms with Gasteiger partial charge in [-0.2, -0.15) is 13.2 Å². The molecule has 160 valence electrons. The monoisotopic (exact) mass is 428 g/mol. The summed E-state index contributed by atoms with van der Waals surface area (Å²) in [6.07, 6.45) is 4.81. The summed E-state index contributed by atoms with van der Waals surface area (Å²) < 4.78 is 39.0. The number of nitrogens with one attached hydrogen (secondary N) is 2. The Morgan fingerprint density at radius 1 is 1.17 bits per heavy atom. The number of hydrogen-bond acceptors (Lipinski definition) is 1. The fraction of sp³-hybridized carbons (Fsp3) is 0.682. The van der Waals surface area contributed by atoms with Gasteiger partial charge in [0.1, 0.15) is 0 Å². The average molecular weight is 429 g/mol. The standard InChI is InChI=1S/C22H28ClF3N2O/c1-2-3-19(21-10-13-6-14(11-21)8-15(7-13)12-21)28-20(29)27-18-9-16(22(24,25)26)4-5-17(18)23/h4-5,9,13-15,19H,2-3,6-8,10-12H2,1H3,(H2,27,28,29)/t13?,14?,15?,19-,21?/m0/s1. The summed E-state index contributed by atoms with van der Waals surface area (Å²) in [5.74, 6) is 2.30. The molecule has 5 rings (SSSR count). The van der Waals surface area contributed by atoms with Crippen molar-refractivity contribution in [3.63, 3.8) is 0 Å². The van der Waals surface area contributed by atoms with Gasteiger partial charge in [0.15, 0.2) is 0 Å². The van der Waals surface area contributed by atoms with Gasteiger partial charge >= 0.3 is 12.2 Å². The number of anilines is 1. The van der Waals surface area contributed by atoms with Crippen molar-refractivity contribution >= 4 is 23.3 Å². The highest BCUT2D eigenvalue weighted by atomic mass is 35.5. The number of benzene rings is 1. The van der Waals surface area contributed by atoms with E-state index in [-0.39, 0.29) is 22.2 Å². The minimum Gasteiger partial charge on any atom is -0.335 e. The van der Waals surface area contributed by atoms with Gasteiger partial charge in [0.25, 0.3) is 0 Å². The molecule has 4 aliphatic carbocycles. The normalized spacial score (nSPS) is 31.6. The number of alkyl halides is 3. The van der Waals surface area contributed by atoms with Crippen molar-refractivity contribution in [3.8, 4) is 0 Å². The van der Waals surface area contributed by atoms with Crippen molar-refractivity contribution in [1.82, 2.24) is 5.32 Å². The maximum Gasteiger partial charge on any atom is 0.416 e. The highest BCUT2D eigenvalue weighted by Crippen LogP contribution is 2.61. The van der Waals surface area contributed by atoms with Gasteiger partial charge in [-0.25, -0.2) is 4.79 Å². The number of urea groups is 1. The Kier molecular flexibility index (Phi) is 5.51. The van der Waals surface area contributed by atoms with Crippen LogP contribution in [0.25, 0.3) is 0 Å². The van der Waals surface area contributed by atoms with Gasteiger partial charge < -0.3 is 10.6 Å². The van der Waals surface area contributed by atoms with E-state index in [0.717, 1.165) is 62.0 Å². The summed E-state index contributed by atoms with van der Waals surface area (Å²) >= 11 is 6.03. The molecule has 0 spiro atoms. The van der Waals surface area contributed by atoms with Crippen molar-refractivity contribution in [2.24, 2.45) is 23.2 Å². The molecule has 4 aliphatic rings. The largest absolute Gasteiger partial charge is 0.416 e. The molecule has 3 nitrogen and oxygen atoms in total. The minimum atomic E-state index is -4.48. The maximum absolute atomic E-state index is 13.0. The van der Waals surface area contributed by atoms with Crippen LogP contribution >= 0.6 is 11.6 Å². The lowest BCUT2D eigenvalue weighted by molar-refractivity contribution is -0.137. The van der Waals surface area contributed by atoms with Crippen LogP contribution in [-0.4, -0.2) is 12.1 Å². The lowest BCUT2D eigenvalue weighted by Crippen LogP contribution is -2.57. The van der Waals surface area contributed by atoms with Gasteiger partial charge in [-0.15, -0.1) is 0 Å². The van der Waals surface area contributed by atoms with Gasteiger partial charge in [0.05, 0.1) is 16.3 Å². The SMILES string of the molecule is CCC[C@H](NC(=O)Nc1cc(C(F)(F)F)ccc1Cl)C12CC3CC(CC(C3)C1)C2. The van der Waals surface area contributed by atoms with E-state index in [4.69, 9.17) is 11.6 Å². The molecular formula is C22H28ClF3N2O. The Labute approximate surface area is 174 Å². The molecule has 4 saturated carbocycles. The van der Waals surface area contributed by atoms with Crippen LogP contribution in [0, 0.1) is 23.2 Å². The van der Waals surface area contributed by atoms with Crippen molar-refractivity contribution in [2.75, 3.05) is 5.32 Å². The van der Waals surface area contributed by atoms with Crippen LogP contribution in [-0.2, 0) is 6.18 Å². The van der Waals surface area contributed by atoms with Gasteiger partial charge in [-0.1, -0.05) is 24.9 Å². The summed E-state index contributed by atoms with van der Waals surface area (Å²) in [6, 6.07) is 2.55. The number of hydrogen-bond donors (Lipinski definition) is 2. The molecule has 4 bridgehead atoms. The van der Waals surface area contributed by atoms with Gasteiger partial charge in [0.2, 0.25) is 0 Å². The number of carbonyl (C=O) groups is 1. The first kappa shape index (κ1) is 20.8. The first-order valence-electron chi connectivity index (χ1n) is 10.6. The highest BCUT2D eigenvalue weighted by molar-refractivity contribution is 6.33. The third-order valence-electron chi connectivity index (χ3n) is 7.25. The van der Waals surface area contributed by atoms with Crippen LogP contribution in [0.2, 0.25) is 5.02 Å². The number of rotatable bonds is 5. The molecular weight excluding hydrogens is 401 g/mol. The second-order valence-corrected chi connectivity index (χ2v) is 9.82. The van der Waals surface area contributed by atoms with Crippen LogP contribution in [0.5, 0.6) is 0 Å². The van der Waals surface area contributed by atoms with E-state index in [1.54, 1.807) is 0 Å². The Morgan fingerprint density at radius 2 is 1.76 bits per heavy atom.